The van der Waals surface area contributed by atoms with Crippen LogP contribution in [0, 0.1) is 11.8 Å². The van der Waals surface area contributed by atoms with Crippen LogP contribution in [0.1, 0.15) is 52.9 Å². The number of likely N-dealkylation sites (tertiary alicyclic amines) is 1. The van der Waals surface area contributed by atoms with Crippen LogP contribution >= 0.6 is 0 Å². The fourth-order valence-electron chi connectivity index (χ4n) is 3.90. The third-order valence-electron chi connectivity index (χ3n) is 4.83. The molecule has 0 aromatic carbocycles. The molecule has 1 aliphatic carbocycles. The van der Waals surface area contributed by atoms with Crippen LogP contribution < -0.4 is 0 Å². The first-order chi connectivity index (χ1) is 9.95. The lowest BCUT2D eigenvalue weighted by atomic mass is 9.85. The summed E-state index contributed by atoms with van der Waals surface area (Å²) in [6.07, 6.45) is 4.92. The molecule has 5 heteroatoms. The predicted molar refractivity (Wildman–Crippen MR) is 81.1 cm³/mol. The van der Waals surface area contributed by atoms with E-state index in [9.17, 15) is 14.7 Å². The summed E-state index contributed by atoms with van der Waals surface area (Å²) in [5.74, 6) is -0.0816. The molecule has 2 amide bonds. The smallest absolute Gasteiger partial charge is 0.326 e. The van der Waals surface area contributed by atoms with E-state index in [1.807, 2.05) is 6.92 Å². The monoisotopic (exact) mass is 296 g/mol. The van der Waals surface area contributed by atoms with Crippen LogP contribution in [0.5, 0.6) is 0 Å². The lowest BCUT2D eigenvalue weighted by Gasteiger charge is -2.37. The van der Waals surface area contributed by atoms with Gasteiger partial charge < -0.3 is 14.9 Å². The van der Waals surface area contributed by atoms with E-state index in [1.54, 1.807) is 9.80 Å². The van der Waals surface area contributed by atoms with Gasteiger partial charge in [0.25, 0.3) is 0 Å². The Bertz CT molecular complexity index is 397. The number of carboxylic acids is 1. The summed E-state index contributed by atoms with van der Waals surface area (Å²) in [5.41, 5.74) is 0. The zero-order valence-electron chi connectivity index (χ0n) is 13.4. The van der Waals surface area contributed by atoms with Crippen LogP contribution in [-0.4, -0.2) is 52.1 Å². The first-order valence-electron chi connectivity index (χ1n) is 8.25. The van der Waals surface area contributed by atoms with Gasteiger partial charge in [0.15, 0.2) is 0 Å². The van der Waals surface area contributed by atoms with E-state index in [1.165, 1.54) is 6.42 Å². The molecule has 1 heterocycles. The second-order valence-electron chi connectivity index (χ2n) is 6.82. The summed E-state index contributed by atoms with van der Waals surface area (Å²) in [4.78, 5) is 27.9. The van der Waals surface area contributed by atoms with Crippen molar-refractivity contribution in [1.82, 2.24) is 9.80 Å². The quantitative estimate of drug-likeness (QED) is 0.867. The number of hydrogen-bond donors (Lipinski definition) is 1. The molecule has 1 aliphatic heterocycles. The summed E-state index contributed by atoms with van der Waals surface area (Å²) in [5, 5.41) is 9.50. The lowest BCUT2D eigenvalue weighted by Crippen LogP contribution is -2.52. The second kappa shape index (κ2) is 6.67. The molecule has 0 bridgehead atoms. The van der Waals surface area contributed by atoms with Crippen molar-refractivity contribution in [2.24, 2.45) is 11.8 Å². The lowest BCUT2D eigenvalue weighted by molar-refractivity contribution is -0.141. The molecule has 1 N–H and O–H groups in total. The van der Waals surface area contributed by atoms with Crippen molar-refractivity contribution in [3.63, 3.8) is 0 Å². The van der Waals surface area contributed by atoms with Crippen molar-refractivity contribution in [1.29, 1.82) is 0 Å². The number of fused-ring (bicyclic) bond motifs is 1. The summed E-state index contributed by atoms with van der Waals surface area (Å²) in [6.45, 7) is 7.45. The van der Waals surface area contributed by atoms with E-state index in [4.69, 9.17) is 0 Å². The summed E-state index contributed by atoms with van der Waals surface area (Å²) >= 11 is 0. The molecular weight excluding hydrogens is 268 g/mol. The Balaban J connectivity index is 2.19. The van der Waals surface area contributed by atoms with Crippen molar-refractivity contribution in [3.8, 4) is 0 Å². The number of amides is 2. The Morgan fingerprint density at radius 2 is 1.95 bits per heavy atom. The van der Waals surface area contributed by atoms with E-state index in [2.05, 4.69) is 13.8 Å². The molecule has 0 radical (unpaired) electrons. The van der Waals surface area contributed by atoms with Crippen LogP contribution in [0.4, 0.5) is 4.79 Å². The molecule has 0 aromatic heterocycles. The fraction of sp³-hybridized carbons (Fsp3) is 0.875. The van der Waals surface area contributed by atoms with Crippen molar-refractivity contribution in [2.75, 3.05) is 13.1 Å². The standard InChI is InChI=1S/C16H28N2O3/c1-4-17(10-11(2)3)16(21)18-13-8-6-5-7-12(13)9-14(18)15(19)20/h11-14H,4-10H2,1-3H3,(H,19,20). The number of aliphatic carboxylic acids is 1. The Hall–Kier alpha value is -1.26. The van der Waals surface area contributed by atoms with E-state index in [0.29, 0.717) is 31.3 Å². The van der Waals surface area contributed by atoms with Gasteiger partial charge in [-0.3, -0.25) is 0 Å². The molecule has 2 aliphatic rings. The minimum atomic E-state index is -0.849. The number of carbonyl (C=O) groups excluding carboxylic acids is 1. The zero-order chi connectivity index (χ0) is 15.6. The van der Waals surface area contributed by atoms with Crippen molar-refractivity contribution >= 4 is 12.0 Å². The first kappa shape index (κ1) is 16.1. The van der Waals surface area contributed by atoms with Crippen LogP contribution in [0.2, 0.25) is 0 Å². The maximum Gasteiger partial charge on any atom is 0.326 e. The largest absolute Gasteiger partial charge is 0.480 e. The zero-order valence-corrected chi connectivity index (χ0v) is 13.4. The van der Waals surface area contributed by atoms with Crippen LogP contribution in [-0.2, 0) is 4.79 Å². The average Bonchev–Trinajstić information content (AvgIpc) is 2.83. The van der Waals surface area contributed by atoms with Gasteiger partial charge >= 0.3 is 12.0 Å². The first-order valence-corrected chi connectivity index (χ1v) is 8.25. The van der Waals surface area contributed by atoms with Crippen LogP contribution in [0.25, 0.3) is 0 Å². The normalized spacial score (nSPS) is 28.6. The summed E-state index contributed by atoms with van der Waals surface area (Å²) in [7, 11) is 0. The number of carbonyl (C=O) groups is 2. The fourth-order valence-corrected chi connectivity index (χ4v) is 3.90. The van der Waals surface area contributed by atoms with E-state index in [0.717, 1.165) is 19.3 Å². The van der Waals surface area contributed by atoms with Crippen molar-refractivity contribution in [3.05, 3.63) is 0 Å². The van der Waals surface area contributed by atoms with Gasteiger partial charge in [-0.05, 0) is 38.0 Å². The van der Waals surface area contributed by atoms with Gasteiger partial charge in [0, 0.05) is 19.1 Å². The number of rotatable bonds is 4. The molecule has 120 valence electrons. The highest BCUT2D eigenvalue weighted by Crippen LogP contribution is 2.40. The molecule has 1 saturated carbocycles. The Labute approximate surface area is 127 Å². The molecule has 3 unspecified atom stereocenters. The molecule has 21 heavy (non-hydrogen) atoms. The van der Waals surface area contributed by atoms with E-state index in [-0.39, 0.29) is 12.1 Å². The molecule has 5 nitrogen and oxygen atoms in total. The minimum Gasteiger partial charge on any atom is -0.480 e. The second-order valence-corrected chi connectivity index (χ2v) is 6.82. The average molecular weight is 296 g/mol. The molecular formula is C16H28N2O3. The molecule has 2 rings (SSSR count). The van der Waals surface area contributed by atoms with Gasteiger partial charge in [-0.15, -0.1) is 0 Å². The maximum absolute atomic E-state index is 12.9. The number of carboxylic acid groups (broad SMARTS) is 1. The Morgan fingerprint density at radius 3 is 2.52 bits per heavy atom. The number of nitrogens with zero attached hydrogens (tertiary/aromatic N) is 2. The van der Waals surface area contributed by atoms with Crippen molar-refractivity contribution in [2.45, 2.75) is 65.0 Å². The van der Waals surface area contributed by atoms with Gasteiger partial charge in [0.2, 0.25) is 0 Å². The number of urea groups is 1. The van der Waals surface area contributed by atoms with Crippen molar-refractivity contribution < 1.29 is 14.7 Å². The van der Waals surface area contributed by atoms with E-state index < -0.39 is 12.0 Å². The highest BCUT2D eigenvalue weighted by molar-refractivity contribution is 5.84. The maximum atomic E-state index is 12.9. The van der Waals surface area contributed by atoms with Gasteiger partial charge in [0.05, 0.1) is 0 Å². The molecule has 0 aromatic rings. The molecule has 3 atom stereocenters. The minimum absolute atomic E-state index is 0.0759. The predicted octanol–water partition coefficient (Wildman–Crippen LogP) is 2.80. The van der Waals surface area contributed by atoms with E-state index >= 15 is 0 Å². The third kappa shape index (κ3) is 3.33. The van der Waals surface area contributed by atoms with Crippen LogP contribution in [0.15, 0.2) is 0 Å². The van der Waals surface area contributed by atoms with Gasteiger partial charge in [-0.1, -0.05) is 26.7 Å². The summed E-state index contributed by atoms with van der Waals surface area (Å²) in [6, 6.07) is -0.576. The number of hydrogen-bond acceptors (Lipinski definition) is 2. The van der Waals surface area contributed by atoms with Gasteiger partial charge in [-0.25, -0.2) is 9.59 Å². The topological polar surface area (TPSA) is 60.9 Å². The Kier molecular flexibility index (Phi) is 5.12. The third-order valence-corrected chi connectivity index (χ3v) is 4.83. The van der Waals surface area contributed by atoms with Gasteiger partial charge in [-0.2, -0.15) is 0 Å². The highest BCUT2D eigenvalue weighted by atomic mass is 16.4. The SMILES string of the molecule is CCN(CC(C)C)C(=O)N1C(C(=O)O)CC2CCCCC21. The highest BCUT2D eigenvalue weighted by Gasteiger charge is 2.48. The molecule has 0 spiro atoms. The molecule has 1 saturated heterocycles. The van der Waals surface area contributed by atoms with Gasteiger partial charge in [0.1, 0.15) is 6.04 Å². The summed E-state index contributed by atoms with van der Waals surface area (Å²) < 4.78 is 0. The Morgan fingerprint density at radius 1 is 1.29 bits per heavy atom. The molecule has 2 fully saturated rings. The van der Waals surface area contributed by atoms with Crippen LogP contribution in [0.3, 0.4) is 0 Å².